The number of hydrogen-bond donors (Lipinski definition) is 2. The lowest BCUT2D eigenvalue weighted by molar-refractivity contribution is 0.249. The summed E-state index contributed by atoms with van der Waals surface area (Å²) in [6.45, 7) is 2.17. The molecule has 1 aromatic carbocycles. The number of piperidine rings is 1. The minimum Gasteiger partial charge on any atom is -0.372 e. The highest BCUT2D eigenvalue weighted by Crippen LogP contribution is 2.21. The van der Waals surface area contributed by atoms with Crippen LogP contribution in [-0.2, 0) is 9.84 Å². The zero-order valence-electron chi connectivity index (χ0n) is 13.1. The van der Waals surface area contributed by atoms with Crippen LogP contribution in [0, 0.1) is 0 Å². The number of nitrogens with one attached hydrogen (secondary N) is 2. The number of amides is 2. The third-order valence-electron chi connectivity index (χ3n) is 4.41. The average Bonchev–Trinajstić information content (AvgIpc) is 2.87. The molecule has 0 saturated carbocycles. The van der Waals surface area contributed by atoms with Gasteiger partial charge in [-0.1, -0.05) is 0 Å². The fourth-order valence-electron chi connectivity index (χ4n) is 3.17. The maximum Gasteiger partial charge on any atom is 0.319 e. The van der Waals surface area contributed by atoms with Crippen LogP contribution in [-0.4, -0.2) is 45.1 Å². The lowest BCUT2D eigenvalue weighted by Gasteiger charge is -2.28. The molecule has 1 atom stereocenters. The molecule has 2 fully saturated rings. The molecule has 2 saturated heterocycles. The molecule has 7 heteroatoms. The summed E-state index contributed by atoms with van der Waals surface area (Å²) in [4.78, 5) is 14.3. The first-order valence-electron chi connectivity index (χ1n) is 8.15. The van der Waals surface area contributed by atoms with Crippen LogP contribution in [0.5, 0.6) is 0 Å². The van der Waals surface area contributed by atoms with E-state index in [0.717, 1.165) is 13.1 Å². The van der Waals surface area contributed by atoms with E-state index in [0.29, 0.717) is 12.1 Å². The minimum atomic E-state index is -2.98. The Hall–Kier alpha value is -1.76. The molecule has 0 radical (unpaired) electrons. The monoisotopic (exact) mass is 337 g/mol. The Balaban J connectivity index is 1.52. The van der Waals surface area contributed by atoms with Gasteiger partial charge in [0.2, 0.25) is 0 Å². The summed E-state index contributed by atoms with van der Waals surface area (Å²) >= 11 is 0. The van der Waals surface area contributed by atoms with Crippen molar-refractivity contribution in [3.8, 4) is 0 Å². The number of carbonyl (C=O) groups excluding carboxylic acids is 1. The first-order chi connectivity index (χ1) is 11.0. The SMILES string of the molecule is O=C(Nc1ccc(N2CCCCC2)cc1)NC1CCS(=O)(=O)C1. The summed E-state index contributed by atoms with van der Waals surface area (Å²) in [6.07, 6.45) is 4.25. The Morgan fingerprint density at radius 3 is 2.39 bits per heavy atom. The molecule has 23 heavy (non-hydrogen) atoms. The second-order valence-electron chi connectivity index (χ2n) is 6.29. The van der Waals surface area contributed by atoms with Crippen molar-refractivity contribution < 1.29 is 13.2 Å². The summed E-state index contributed by atoms with van der Waals surface area (Å²) in [7, 11) is -2.98. The topological polar surface area (TPSA) is 78.5 Å². The lowest BCUT2D eigenvalue weighted by atomic mass is 10.1. The van der Waals surface area contributed by atoms with Crippen molar-refractivity contribution in [3.05, 3.63) is 24.3 Å². The minimum absolute atomic E-state index is 0.0360. The second-order valence-corrected chi connectivity index (χ2v) is 8.52. The third-order valence-corrected chi connectivity index (χ3v) is 6.18. The fourth-order valence-corrected chi connectivity index (χ4v) is 4.84. The molecule has 2 aliphatic heterocycles. The van der Waals surface area contributed by atoms with Gasteiger partial charge in [-0.15, -0.1) is 0 Å². The summed E-state index contributed by atoms with van der Waals surface area (Å²) < 4.78 is 22.8. The zero-order chi connectivity index (χ0) is 16.3. The van der Waals surface area contributed by atoms with E-state index in [1.807, 2.05) is 24.3 Å². The lowest BCUT2D eigenvalue weighted by Crippen LogP contribution is -2.38. The van der Waals surface area contributed by atoms with Crippen molar-refractivity contribution >= 4 is 27.2 Å². The number of carbonyl (C=O) groups is 1. The van der Waals surface area contributed by atoms with E-state index in [4.69, 9.17) is 0 Å². The van der Waals surface area contributed by atoms with Gasteiger partial charge < -0.3 is 15.5 Å². The van der Waals surface area contributed by atoms with Gasteiger partial charge >= 0.3 is 6.03 Å². The van der Waals surface area contributed by atoms with E-state index < -0.39 is 9.84 Å². The van der Waals surface area contributed by atoms with Crippen molar-refractivity contribution in [1.29, 1.82) is 0 Å². The highest BCUT2D eigenvalue weighted by atomic mass is 32.2. The predicted molar refractivity (Wildman–Crippen MR) is 91.7 cm³/mol. The Morgan fingerprint density at radius 1 is 1.09 bits per heavy atom. The highest BCUT2D eigenvalue weighted by molar-refractivity contribution is 7.91. The zero-order valence-corrected chi connectivity index (χ0v) is 13.9. The van der Waals surface area contributed by atoms with Crippen LogP contribution in [0.4, 0.5) is 16.2 Å². The van der Waals surface area contributed by atoms with E-state index in [-0.39, 0.29) is 23.6 Å². The van der Waals surface area contributed by atoms with Crippen LogP contribution in [0.3, 0.4) is 0 Å². The normalized spacial score (nSPS) is 23.5. The number of anilines is 2. The van der Waals surface area contributed by atoms with E-state index >= 15 is 0 Å². The smallest absolute Gasteiger partial charge is 0.319 e. The molecule has 2 heterocycles. The van der Waals surface area contributed by atoms with Crippen LogP contribution in [0.2, 0.25) is 0 Å². The van der Waals surface area contributed by atoms with Crippen LogP contribution < -0.4 is 15.5 Å². The molecule has 0 spiro atoms. The van der Waals surface area contributed by atoms with E-state index in [1.165, 1.54) is 24.9 Å². The molecule has 2 aliphatic rings. The van der Waals surface area contributed by atoms with Crippen LogP contribution >= 0.6 is 0 Å². The van der Waals surface area contributed by atoms with Crippen molar-refractivity contribution in [2.75, 3.05) is 34.8 Å². The number of rotatable bonds is 3. The average molecular weight is 337 g/mol. The molecule has 2 amide bonds. The number of benzene rings is 1. The fraction of sp³-hybridized carbons (Fsp3) is 0.562. The largest absolute Gasteiger partial charge is 0.372 e. The van der Waals surface area contributed by atoms with Crippen LogP contribution in [0.25, 0.3) is 0 Å². The van der Waals surface area contributed by atoms with Crippen molar-refractivity contribution in [3.63, 3.8) is 0 Å². The Morgan fingerprint density at radius 2 is 1.78 bits per heavy atom. The molecule has 1 aromatic rings. The van der Waals surface area contributed by atoms with Gasteiger partial charge in [0.05, 0.1) is 11.5 Å². The van der Waals surface area contributed by atoms with E-state index in [2.05, 4.69) is 15.5 Å². The summed E-state index contributed by atoms with van der Waals surface area (Å²) in [5.41, 5.74) is 1.89. The van der Waals surface area contributed by atoms with Crippen molar-refractivity contribution in [2.45, 2.75) is 31.7 Å². The molecule has 6 nitrogen and oxygen atoms in total. The first kappa shape index (κ1) is 16.1. The highest BCUT2D eigenvalue weighted by Gasteiger charge is 2.28. The third kappa shape index (κ3) is 4.37. The molecular formula is C16H23N3O3S. The van der Waals surface area contributed by atoms with Crippen LogP contribution in [0.15, 0.2) is 24.3 Å². The maximum atomic E-state index is 11.9. The molecule has 0 bridgehead atoms. The van der Waals surface area contributed by atoms with Crippen molar-refractivity contribution in [1.82, 2.24) is 5.32 Å². The van der Waals surface area contributed by atoms with Crippen molar-refractivity contribution in [2.24, 2.45) is 0 Å². The number of hydrogen-bond acceptors (Lipinski definition) is 4. The Kier molecular flexibility index (Phi) is 4.75. The molecule has 0 aromatic heterocycles. The number of sulfone groups is 1. The predicted octanol–water partition coefficient (Wildman–Crippen LogP) is 1.99. The number of nitrogens with zero attached hydrogens (tertiary/aromatic N) is 1. The summed E-state index contributed by atoms with van der Waals surface area (Å²) in [5, 5.41) is 5.48. The van der Waals surface area contributed by atoms with Gasteiger partial charge in [0.25, 0.3) is 0 Å². The second kappa shape index (κ2) is 6.78. The van der Waals surface area contributed by atoms with E-state index in [9.17, 15) is 13.2 Å². The van der Waals surface area contributed by atoms with Gasteiger partial charge in [-0.25, -0.2) is 13.2 Å². The molecule has 126 valence electrons. The Bertz CT molecular complexity index is 652. The summed E-state index contributed by atoms with van der Waals surface area (Å²) in [5.74, 6) is 0.191. The summed E-state index contributed by atoms with van der Waals surface area (Å²) in [6, 6.07) is 7.16. The van der Waals surface area contributed by atoms with Gasteiger partial charge in [-0.05, 0) is 49.9 Å². The molecular weight excluding hydrogens is 314 g/mol. The molecule has 3 rings (SSSR count). The molecule has 2 N–H and O–H groups in total. The first-order valence-corrected chi connectivity index (χ1v) is 9.97. The van der Waals surface area contributed by atoms with E-state index in [1.54, 1.807) is 0 Å². The van der Waals surface area contributed by atoms with Gasteiger partial charge in [-0.3, -0.25) is 0 Å². The van der Waals surface area contributed by atoms with Gasteiger partial charge in [0, 0.05) is 30.5 Å². The quantitative estimate of drug-likeness (QED) is 0.884. The Labute approximate surface area is 137 Å². The maximum absolute atomic E-state index is 11.9. The number of urea groups is 1. The standard InChI is InChI=1S/C16H23N3O3S/c20-16(18-14-8-11-23(21,22)12-14)17-13-4-6-15(7-5-13)19-9-2-1-3-10-19/h4-7,14H,1-3,8-12H2,(H2,17,18,20). The molecule has 1 unspecified atom stereocenters. The molecule has 0 aliphatic carbocycles. The van der Waals surface area contributed by atoms with Gasteiger partial charge in [0.15, 0.2) is 9.84 Å². The van der Waals surface area contributed by atoms with Crippen LogP contribution in [0.1, 0.15) is 25.7 Å². The van der Waals surface area contributed by atoms with Gasteiger partial charge in [-0.2, -0.15) is 0 Å². The van der Waals surface area contributed by atoms with Gasteiger partial charge in [0.1, 0.15) is 0 Å².